The minimum absolute atomic E-state index is 0.0467. The van der Waals surface area contributed by atoms with E-state index in [4.69, 9.17) is 22.8 Å². The van der Waals surface area contributed by atoms with E-state index in [1.165, 1.54) is 0 Å². The van der Waals surface area contributed by atoms with Crippen molar-refractivity contribution in [3.63, 3.8) is 0 Å². The van der Waals surface area contributed by atoms with Crippen LogP contribution in [0.3, 0.4) is 0 Å². The largest absolute Gasteiger partial charge is 0.409 e. The van der Waals surface area contributed by atoms with Gasteiger partial charge in [-0.05, 0) is 58.9 Å². The standard InChI is InChI=1S/C15H34O5Si3/c1-21(2,3)18-12-11-10-16-15(17-11)14(20-23(7,8)9)13(12)19-22(4,5)6/h11-15H,10H2,1-9H3. The SMILES string of the molecule is C[Si](C)(C)OC1C2COC(O2)C(O[Si](C)(C)C)C1O[Si](C)(C)C. The molecule has 2 fully saturated rings. The molecule has 2 rings (SSSR count). The first-order valence-corrected chi connectivity index (χ1v) is 18.8. The van der Waals surface area contributed by atoms with E-state index in [2.05, 4.69) is 58.9 Å². The number of rotatable bonds is 6. The summed E-state index contributed by atoms with van der Waals surface area (Å²) >= 11 is 0. The van der Waals surface area contributed by atoms with Crippen LogP contribution in [0.2, 0.25) is 58.9 Å². The van der Waals surface area contributed by atoms with Crippen LogP contribution in [-0.2, 0) is 22.8 Å². The summed E-state index contributed by atoms with van der Waals surface area (Å²) in [5.41, 5.74) is 0. The van der Waals surface area contributed by atoms with Crippen LogP contribution in [0.25, 0.3) is 0 Å². The van der Waals surface area contributed by atoms with E-state index in [0.29, 0.717) is 6.61 Å². The third-order valence-electron chi connectivity index (χ3n) is 3.48. The van der Waals surface area contributed by atoms with Crippen molar-refractivity contribution in [2.45, 2.75) is 89.6 Å². The Hall–Kier alpha value is 0.451. The van der Waals surface area contributed by atoms with Gasteiger partial charge in [0.15, 0.2) is 31.2 Å². The van der Waals surface area contributed by atoms with Gasteiger partial charge in [-0.15, -0.1) is 0 Å². The highest BCUT2D eigenvalue weighted by atomic mass is 28.4. The molecule has 8 heteroatoms. The average molecular weight is 379 g/mol. The molecule has 0 aromatic carbocycles. The molecule has 0 aromatic heterocycles. The van der Waals surface area contributed by atoms with Gasteiger partial charge in [0.05, 0.1) is 6.61 Å². The molecule has 2 aliphatic rings. The van der Waals surface area contributed by atoms with Gasteiger partial charge in [-0.25, -0.2) is 0 Å². The summed E-state index contributed by atoms with van der Waals surface area (Å²) in [6.45, 7) is 20.4. The second-order valence-corrected chi connectivity index (χ2v) is 22.8. The van der Waals surface area contributed by atoms with Crippen molar-refractivity contribution < 1.29 is 22.8 Å². The molecular formula is C15H34O5Si3. The highest BCUT2D eigenvalue weighted by Crippen LogP contribution is 2.37. The van der Waals surface area contributed by atoms with Gasteiger partial charge < -0.3 is 22.8 Å². The van der Waals surface area contributed by atoms with Gasteiger partial charge in [0, 0.05) is 0 Å². The van der Waals surface area contributed by atoms with Crippen LogP contribution in [0.1, 0.15) is 0 Å². The molecule has 2 aliphatic heterocycles. The smallest absolute Gasteiger partial charge is 0.185 e. The predicted octanol–water partition coefficient (Wildman–Crippen LogP) is 3.40. The van der Waals surface area contributed by atoms with Crippen molar-refractivity contribution in [1.82, 2.24) is 0 Å². The average Bonchev–Trinajstić information content (AvgIpc) is 2.71. The first-order valence-electron chi connectivity index (χ1n) is 8.56. The Labute approximate surface area is 144 Å². The van der Waals surface area contributed by atoms with Gasteiger partial charge in [-0.3, -0.25) is 0 Å². The Morgan fingerprint density at radius 2 is 1.09 bits per heavy atom. The summed E-state index contributed by atoms with van der Waals surface area (Å²) in [7, 11) is -5.24. The fourth-order valence-corrected chi connectivity index (χ4v) is 6.21. The molecule has 2 bridgehead atoms. The molecule has 136 valence electrons. The maximum Gasteiger partial charge on any atom is 0.185 e. The molecule has 2 heterocycles. The Kier molecular flexibility index (Phi) is 5.71. The molecular weight excluding hydrogens is 344 g/mol. The van der Waals surface area contributed by atoms with Gasteiger partial charge in [-0.2, -0.15) is 0 Å². The number of hydrogen-bond donors (Lipinski definition) is 0. The van der Waals surface area contributed by atoms with Crippen LogP contribution in [0.5, 0.6) is 0 Å². The van der Waals surface area contributed by atoms with Gasteiger partial charge in [0.1, 0.15) is 24.4 Å². The normalized spacial score (nSPS) is 35.6. The quantitative estimate of drug-likeness (QED) is 0.663. The second kappa shape index (κ2) is 6.64. The summed E-state index contributed by atoms with van der Waals surface area (Å²) < 4.78 is 31.4. The number of ether oxygens (including phenoxy) is 2. The van der Waals surface area contributed by atoms with E-state index < -0.39 is 25.0 Å². The van der Waals surface area contributed by atoms with Crippen molar-refractivity contribution in [1.29, 1.82) is 0 Å². The highest BCUT2D eigenvalue weighted by molar-refractivity contribution is 6.70. The molecule has 5 atom stereocenters. The van der Waals surface area contributed by atoms with Crippen LogP contribution in [0.15, 0.2) is 0 Å². The van der Waals surface area contributed by atoms with Gasteiger partial charge in [0.2, 0.25) is 0 Å². The van der Waals surface area contributed by atoms with E-state index in [-0.39, 0.29) is 30.7 Å². The van der Waals surface area contributed by atoms with Crippen molar-refractivity contribution >= 4 is 25.0 Å². The topological polar surface area (TPSA) is 46.2 Å². The van der Waals surface area contributed by atoms with Crippen molar-refractivity contribution in [2.24, 2.45) is 0 Å². The zero-order chi connectivity index (χ0) is 17.6. The first-order chi connectivity index (χ1) is 10.3. The summed E-state index contributed by atoms with van der Waals surface area (Å²) in [5, 5.41) is 0. The zero-order valence-electron chi connectivity index (χ0n) is 16.1. The van der Waals surface area contributed by atoms with E-state index in [1.54, 1.807) is 0 Å². The zero-order valence-corrected chi connectivity index (χ0v) is 19.1. The summed E-state index contributed by atoms with van der Waals surface area (Å²) in [5.74, 6) is 0. The second-order valence-electron chi connectivity index (χ2n) is 9.46. The van der Waals surface area contributed by atoms with Gasteiger partial charge in [-0.1, -0.05) is 0 Å². The van der Waals surface area contributed by atoms with Crippen LogP contribution < -0.4 is 0 Å². The number of hydrogen-bond acceptors (Lipinski definition) is 5. The Bertz CT molecular complexity index is 383. The third-order valence-corrected chi connectivity index (χ3v) is 6.42. The Morgan fingerprint density at radius 1 is 0.652 bits per heavy atom. The molecule has 0 saturated carbocycles. The maximum atomic E-state index is 6.55. The minimum atomic E-state index is -1.76. The van der Waals surface area contributed by atoms with E-state index >= 15 is 0 Å². The lowest BCUT2D eigenvalue weighted by molar-refractivity contribution is -0.214. The molecule has 2 saturated heterocycles. The Morgan fingerprint density at radius 3 is 1.57 bits per heavy atom. The van der Waals surface area contributed by atoms with E-state index in [1.807, 2.05) is 0 Å². The molecule has 23 heavy (non-hydrogen) atoms. The van der Waals surface area contributed by atoms with Gasteiger partial charge >= 0.3 is 0 Å². The van der Waals surface area contributed by atoms with Crippen molar-refractivity contribution in [2.75, 3.05) is 6.61 Å². The van der Waals surface area contributed by atoms with E-state index in [9.17, 15) is 0 Å². The van der Waals surface area contributed by atoms with E-state index in [0.717, 1.165) is 0 Å². The molecule has 0 amide bonds. The van der Waals surface area contributed by atoms with Crippen LogP contribution in [0, 0.1) is 0 Å². The van der Waals surface area contributed by atoms with Crippen LogP contribution in [0.4, 0.5) is 0 Å². The molecule has 5 nitrogen and oxygen atoms in total. The number of fused-ring (bicyclic) bond motifs is 2. The summed E-state index contributed by atoms with van der Waals surface area (Å²) in [6, 6.07) is 0. The molecule has 0 aromatic rings. The van der Waals surface area contributed by atoms with Gasteiger partial charge in [0.25, 0.3) is 0 Å². The lowest BCUT2D eigenvalue weighted by Crippen LogP contribution is -2.62. The fourth-order valence-electron chi connectivity index (χ4n) is 2.96. The molecule has 0 aliphatic carbocycles. The van der Waals surface area contributed by atoms with Crippen LogP contribution in [-0.4, -0.2) is 62.3 Å². The molecule has 5 unspecified atom stereocenters. The molecule has 0 spiro atoms. The molecule has 0 radical (unpaired) electrons. The monoisotopic (exact) mass is 378 g/mol. The minimum Gasteiger partial charge on any atom is -0.409 e. The highest BCUT2D eigenvalue weighted by Gasteiger charge is 2.55. The third kappa shape index (κ3) is 5.74. The molecule has 0 N–H and O–H groups in total. The lowest BCUT2D eigenvalue weighted by Gasteiger charge is -2.46. The summed E-state index contributed by atoms with van der Waals surface area (Å²) in [4.78, 5) is 0. The van der Waals surface area contributed by atoms with Crippen molar-refractivity contribution in [3.05, 3.63) is 0 Å². The van der Waals surface area contributed by atoms with Crippen molar-refractivity contribution in [3.8, 4) is 0 Å². The first kappa shape index (κ1) is 19.8. The fraction of sp³-hybridized carbons (Fsp3) is 1.00. The Balaban J connectivity index is 2.30. The predicted molar refractivity (Wildman–Crippen MR) is 99.3 cm³/mol. The lowest BCUT2D eigenvalue weighted by atomic mass is 10.0. The summed E-state index contributed by atoms with van der Waals surface area (Å²) in [6.07, 6.45) is -0.780. The maximum absolute atomic E-state index is 6.55. The van der Waals surface area contributed by atoms with Crippen LogP contribution >= 0.6 is 0 Å².